The van der Waals surface area contributed by atoms with Gasteiger partial charge in [-0.05, 0) is 75.8 Å². The Kier molecular flexibility index (Phi) is 7.11. The molecule has 8 heteroatoms. The average molecular weight is 499 g/mol. The molecule has 2 saturated heterocycles. The molecule has 8 atom stereocenters. The van der Waals surface area contributed by atoms with Crippen LogP contribution in [-0.4, -0.2) is 95.6 Å². The molecular weight excluding hydrogens is 456 g/mol. The zero-order valence-corrected chi connectivity index (χ0v) is 22.3. The molecule has 2 saturated carbocycles. The fourth-order valence-electron chi connectivity index (χ4n) is 8.15. The van der Waals surface area contributed by atoms with Crippen molar-refractivity contribution in [2.75, 3.05) is 52.4 Å². The lowest BCUT2D eigenvalue weighted by molar-refractivity contribution is -0.166. The van der Waals surface area contributed by atoms with Gasteiger partial charge in [0.2, 0.25) is 23.6 Å². The first-order valence-electron chi connectivity index (χ1n) is 14.2. The van der Waals surface area contributed by atoms with E-state index in [-0.39, 0.29) is 71.0 Å². The summed E-state index contributed by atoms with van der Waals surface area (Å²) in [5.74, 6) is -1.73. The number of hydrogen-bond donors (Lipinski definition) is 0. The van der Waals surface area contributed by atoms with Gasteiger partial charge in [-0.1, -0.05) is 39.8 Å². The van der Waals surface area contributed by atoms with Crippen molar-refractivity contribution in [1.29, 1.82) is 0 Å². The Morgan fingerprint density at radius 2 is 0.917 bits per heavy atom. The predicted octanol–water partition coefficient (Wildman–Crippen LogP) is 1.71. The van der Waals surface area contributed by atoms with E-state index in [4.69, 9.17) is 0 Å². The van der Waals surface area contributed by atoms with Crippen LogP contribution in [0.2, 0.25) is 0 Å². The molecule has 0 aromatic heterocycles. The maximum atomic E-state index is 13.5. The molecule has 4 amide bonds. The molecule has 0 spiro atoms. The lowest BCUT2D eigenvalue weighted by Gasteiger charge is -2.60. The molecule has 198 valence electrons. The molecule has 4 fully saturated rings. The van der Waals surface area contributed by atoms with Crippen LogP contribution < -0.4 is 0 Å². The first-order valence-corrected chi connectivity index (χ1v) is 14.2. The van der Waals surface area contributed by atoms with Crippen molar-refractivity contribution in [2.45, 2.75) is 40.5 Å². The summed E-state index contributed by atoms with van der Waals surface area (Å²) in [5.41, 5.74) is 0. The summed E-state index contributed by atoms with van der Waals surface area (Å²) in [4.78, 5) is 61.3. The van der Waals surface area contributed by atoms with Crippen molar-refractivity contribution >= 4 is 23.6 Å². The van der Waals surface area contributed by atoms with Crippen LogP contribution in [0.15, 0.2) is 12.2 Å². The molecule has 36 heavy (non-hydrogen) atoms. The summed E-state index contributed by atoms with van der Waals surface area (Å²) in [7, 11) is 0. The summed E-state index contributed by atoms with van der Waals surface area (Å²) in [5, 5.41) is 0. The van der Waals surface area contributed by atoms with E-state index >= 15 is 0 Å². The number of carbonyl (C=O) groups excluding carboxylic acids is 4. The summed E-state index contributed by atoms with van der Waals surface area (Å²) < 4.78 is 0. The van der Waals surface area contributed by atoms with Gasteiger partial charge in [-0.2, -0.15) is 0 Å². The van der Waals surface area contributed by atoms with Gasteiger partial charge in [0.1, 0.15) is 0 Å². The fourth-order valence-corrected chi connectivity index (χ4v) is 8.15. The van der Waals surface area contributed by atoms with Crippen molar-refractivity contribution in [2.24, 2.45) is 47.3 Å². The quantitative estimate of drug-likeness (QED) is 0.301. The van der Waals surface area contributed by atoms with Crippen molar-refractivity contribution in [3.63, 3.8) is 0 Å². The van der Waals surface area contributed by atoms with Gasteiger partial charge in [0.15, 0.2) is 0 Å². The third-order valence-corrected chi connectivity index (χ3v) is 10.0. The Hall–Kier alpha value is -2.06. The van der Waals surface area contributed by atoms with Gasteiger partial charge in [-0.15, -0.1) is 0 Å². The number of rotatable bonds is 12. The van der Waals surface area contributed by atoms with E-state index in [2.05, 4.69) is 49.6 Å². The van der Waals surface area contributed by atoms with Gasteiger partial charge in [0.25, 0.3) is 0 Å². The fraction of sp³-hybridized carbons (Fsp3) is 0.786. The molecule has 0 unspecified atom stereocenters. The molecule has 0 N–H and O–H groups in total. The van der Waals surface area contributed by atoms with Crippen LogP contribution in [-0.2, 0) is 19.2 Å². The number of nitrogens with zero attached hydrogens (tertiary/aromatic N) is 4. The minimum Gasteiger partial charge on any atom is -0.304 e. The Bertz CT molecular complexity index is 886. The maximum absolute atomic E-state index is 13.5. The highest BCUT2D eigenvalue weighted by Crippen LogP contribution is 2.68. The minimum atomic E-state index is -0.359. The first kappa shape index (κ1) is 25.6. The minimum absolute atomic E-state index is 0.0165. The van der Waals surface area contributed by atoms with Crippen molar-refractivity contribution < 1.29 is 19.2 Å². The van der Waals surface area contributed by atoms with Crippen LogP contribution in [0.1, 0.15) is 40.5 Å². The molecule has 0 aromatic carbocycles. The van der Waals surface area contributed by atoms with Crippen LogP contribution in [0.5, 0.6) is 0 Å². The Morgan fingerprint density at radius 3 is 1.25 bits per heavy atom. The lowest BCUT2D eigenvalue weighted by atomic mass is 9.40. The van der Waals surface area contributed by atoms with Crippen molar-refractivity contribution in [3.05, 3.63) is 12.2 Å². The molecule has 4 aliphatic carbocycles. The Balaban J connectivity index is 1.28. The summed E-state index contributed by atoms with van der Waals surface area (Å²) in [6, 6.07) is 0. The van der Waals surface area contributed by atoms with E-state index in [0.29, 0.717) is 13.1 Å². The van der Waals surface area contributed by atoms with Crippen LogP contribution in [0, 0.1) is 47.3 Å². The average Bonchev–Trinajstić information content (AvgIpc) is 3.24. The van der Waals surface area contributed by atoms with Gasteiger partial charge in [-0.3, -0.25) is 29.0 Å². The molecule has 2 heterocycles. The third-order valence-electron chi connectivity index (χ3n) is 10.0. The first-order chi connectivity index (χ1) is 17.4. The normalized spacial score (nSPS) is 36.3. The van der Waals surface area contributed by atoms with Crippen LogP contribution in [0.3, 0.4) is 0 Å². The van der Waals surface area contributed by atoms with Crippen molar-refractivity contribution in [3.8, 4) is 0 Å². The summed E-state index contributed by atoms with van der Waals surface area (Å²) in [6.45, 7) is 15.0. The highest BCUT2D eigenvalue weighted by molar-refractivity contribution is 6.09. The zero-order valence-electron chi connectivity index (χ0n) is 22.3. The van der Waals surface area contributed by atoms with Gasteiger partial charge >= 0.3 is 0 Å². The van der Waals surface area contributed by atoms with E-state index in [9.17, 15) is 19.2 Å². The number of allylic oxidation sites excluding steroid dienone is 2. The lowest BCUT2D eigenvalue weighted by Crippen LogP contribution is -2.63. The monoisotopic (exact) mass is 498 g/mol. The van der Waals surface area contributed by atoms with E-state index in [1.807, 2.05) is 0 Å². The van der Waals surface area contributed by atoms with Gasteiger partial charge < -0.3 is 9.80 Å². The number of imide groups is 2. The van der Waals surface area contributed by atoms with Crippen LogP contribution >= 0.6 is 0 Å². The SMILES string of the molecule is CCN(CC)CCCN1C(=O)[C@@H]2[C@@H](C1=O)[C@@H]1[C@@H]3C=C[C@@H]([C@@H]4C(=O)N(CCCN(CC)CC)C(=O)[C@H]34)[C@H]21. The molecule has 0 radical (unpaired) electrons. The molecule has 2 aliphatic heterocycles. The highest BCUT2D eigenvalue weighted by atomic mass is 16.2. The molecular formula is C28H42N4O4. The zero-order chi connectivity index (χ0) is 25.7. The van der Waals surface area contributed by atoms with E-state index in [1.165, 1.54) is 9.80 Å². The number of amides is 4. The number of hydrogen-bond acceptors (Lipinski definition) is 6. The van der Waals surface area contributed by atoms with Crippen molar-refractivity contribution in [1.82, 2.24) is 19.6 Å². The topological polar surface area (TPSA) is 81.2 Å². The van der Waals surface area contributed by atoms with Gasteiger partial charge in [0.05, 0.1) is 23.7 Å². The maximum Gasteiger partial charge on any atom is 0.233 e. The molecule has 6 aliphatic rings. The molecule has 0 aromatic rings. The van der Waals surface area contributed by atoms with Crippen LogP contribution in [0.25, 0.3) is 0 Å². The Morgan fingerprint density at radius 1 is 0.583 bits per heavy atom. The van der Waals surface area contributed by atoms with Crippen LogP contribution in [0.4, 0.5) is 0 Å². The highest BCUT2D eigenvalue weighted by Gasteiger charge is 2.74. The smallest absolute Gasteiger partial charge is 0.233 e. The number of carbonyl (C=O) groups is 4. The van der Waals surface area contributed by atoms with E-state index in [1.54, 1.807) is 0 Å². The Labute approximate surface area is 215 Å². The van der Waals surface area contributed by atoms with E-state index in [0.717, 1.165) is 52.1 Å². The molecule has 2 bridgehead atoms. The molecule has 8 nitrogen and oxygen atoms in total. The van der Waals surface area contributed by atoms with Gasteiger partial charge in [-0.25, -0.2) is 0 Å². The second-order valence-corrected chi connectivity index (χ2v) is 11.2. The number of fused-ring (bicyclic) bond motifs is 1. The predicted molar refractivity (Wildman–Crippen MR) is 135 cm³/mol. The largest absolute Gasteiger partial charge is 0.304 e. The summed E-state index contributed by atoms with van der Waals surface area (Å²) >= 11 is 0. The third kappa shape index (κ3) is 3.70. The second-order valence-electron chi connectivity index (χ2n) is 11.2. The second kappa shape index (κ2) is 10.0. The number of likely N-dealkylation sites (tertiary alicyclic amines) is 2. The standard InChI is InChI=1S/C28H42N4O4/c1-5-29(6-2)13-9-15-31-25(33)21-17-11-12-18(22(21)26(31)34)20-19(17)23-24(20)28(36)32(27(23)35)16-10-14-30(7-3)8-4/h11-12,17-24H,5-10,13-16H2,1-4H3/t17-,18+,19+,20-,21+,22-,23-,24-/m0/s1. The van der Waals surface area contributed by atoms with E-state index < -0.39 is 0 Å². The molecule has 6 rings (SSSR count). The summed E-state index contributed by atoms with van der Waals surface area (Å²) in [6.07, 6.45) is 5.74. The van der Waals surface area contributed by atoms with Gasteiger partial charge in [0, 0.05) is 13.1 Å².